The summed E-state index contributed by atoms with van der Waals surface area (Å²) in [6, 6.07) is 5.46. The van der Waals surface area contributed by atoms with Crippen molar-refractivity contribution in [1.29, 1.82) is 0 Å². The monoisotopic (exact) mass is 533 g/mol. The normalized spacial score (nSPS) is 13.6. The van der Waals surface area contributed by atoms with E-state index in [1.807, 2.05) is 45.0 Å². The lowest BCUT2D eigenvalue weighted by molar-refractivity contribution is -0.145. The van der Waals surface area contributed by atoms with Gasteiger partial charge in [0.05, 0.1) is 7.11 Å². The molecule has 0 aromatic heterocycles. The van der Waals surface area contributed by atoms with E-state index in [2.05, 4.69) is 22.3 Å². The van der Waals surface area contributed by atoms with Gasteiger partial charge in [-0.2, -0.15) is 0 Å². The van der Waals surface area contributed by atoms with Gasteiger partial charge in [0.2, 0.25) is 11.8 Å². The van der Waals surface area contributed by atoms with Gasteiger partial charge < -0.3 is 25.0 Å². The van der Waals surface area contributed by atoms with Crippen molar-refractivity contribution in [1.82, 2.24) is 15.5 Å². The SMILES string of the molecule is CCCCCCN(C(=O)C(NC(=O)OC(C)(C)C)C(C)CC)C(C(=O)NCC(=O)OC)c1ccccc1C. The summed E-state index contributed by atoms with van der Waals surface area (Å²) in [7, 11) is 1.25. The smallest absolute Gasteiger partial charge is 0.408 e. The predicted molar refractivity (Wildman–Crippen MR) is 147 cm³/mol. The second kappa shape index (κ2) is 16.0. The number of hydrogen-bond acceptors (Lipinski definition) is 6. The molecule has 9 nitrogen and oxygen atoms in total. The highest BCUT2D eigenvalue weighted by Crippen LogP contribution is 2.27. The first-order valence-corrected chi connectivity index (χ1v) is 13.6. The van der Waals surface area contributed by atoms with Crippen LogP contribution in [0.2, 0.25) is 0 Å². The lowest BCUT2D eigenvalue weighted by Gasteiger charge is -2.36. The number of unbranched alkanes of at least 4 members (excludes halogenated alkanes) is 3. The van der Waals surface area contributed by atoms with Crippen molar-refractivity contribution >= 4 is 23.9 Å². The molecule has 3 unspecified atom stereocenters. The summed E-state index contributed by atoms with van der Waals surface area (Å²) in [6.07, 6.45) is 3.52. The minimum atomic E-state index is -0.998. The number of benzene rings is 1. The van der Waals surface area contributed by atoms with Crippen LogP contribution in [-0.4, -0.2) is 60.6 Å². The van der Waals surface area contributed by atoms with Crippen LogP contribution in [0.5, 0.6) is 0 Å². The number of rotatable bonds is 14. The molecule has 0 fully saturated rings. The van der Waals surface area contributed by atoms with Crippen LogP contribution in [0.1, 0.15) is 90.8 Å². The Morgan fingerprint density at radius 2 is 1.68 bits per heavy atom. The minimum Gasteiger partial charge on any atom is -0.468 e. The van der Waals surface area contributed by atoms with E-state index >= 15 is 0 Å². The van der Waals surface area contributed by atoms with Crippen LogP contribution in [0.3, 0.4) is 0 Å². The molecule has 1 aromatic carbocycles. The molecule has 1 aromatic rings. The number of hydrogen-bond donors (Lipinski definition) is 2. The van der Waals surface area contributed by atoms with Crippen molar-refractivity contribution in [2.75, 3.05) is 20.2 Å². The summed E-state index contributed by atoms with van der Waals surface area (Å²) < 4.78 is 10.1. The van der Waals surface area contributed by atoms with Crippen LogP contribution in [-0.2, 0) is 23.9 Å². The largest absolute Gasteiger partial charge is 0.468 e. The Kier molecular flexibility index (Phi) is 13.9. The Morgan fingerprint density at radius 1 is 1.03 bits per heavy atom. The third-order valence-corrected chi connectivity index (χ3v) is 6.36. The molecule has 0 saturated heterocycles. The number of alkyl carbamates (subject to hydrolysis) is 1. The number of carbonyl (C=O) groups is 4. The van der Waals surface area contributed by atoms with Gasteiger partial charge in [-0.1, -0.05) is 70.7 Å². The summed E-state index contributed by atoms with van der Waals surface area (Å²) in [6.45, 7) is 13.1. The van der Waals surface area contributed by atoms with Gasteiger partial charge >= 0.3 is 12.1 Å². The fourth-order valence-electron chi connectivity index (χ4n) is 4.04. The zero-order valence-corrected chi connectivity index (χ0v) is 24.4. The van der Waals surface area contributed by atoms with Crippen LogP contribution in [0, 0.1) is 12.8 Å². The van der Waals surface area contributed by atoms with Crippen molar-refractivity contribution in [3.63, 3.8) is 0 Å². The fourth-order valence-corrected chi connectivity index (χ4v) is 4.04. The van der Waals surface area contributed by atoms with E-state index in [0.29, 0.717) is 24.9 Å². The average Bonchev–Trinajstić information content (AvgIpc) is 2.86. The quantitative estimate of drug-likeness (QED) is 0.265. The average molecular weight is 534 g/mol. The fraction of sp³-hybridized carbons (Fsp3) is 0.655. The summed E-state index contributed by atoms with van der Waals surface area (Å²) in [4.78, 5) is 53.9. The molecule has 0 aliphatic rings. The Hall–Kier alpha value is -3.10. The van der Waals surface area contributed by atoms with Crippen molar-refractivity contribution in [2.45, 2.75) is 98.3 Å². The van der Waals surface area contributed by atoms with Gasteiger partial charge in [0.15, 0.2) is 0 Å². The molecule has 0 aliphatic carbocycles. The molecule has 3 amide bonds. The van der Waals surface area contributed by atoms with Crippen LogP contribution in [0.4, 0.5) is 4.79 Å². The second-order valence-electron chi connectivity index (χ2n) is 10.7. The molecule has 0 radical (unpaired) electrons. The Bertz CT molecular complexity index is 927. The van der Waals surface area contributed by atoms with Gasteiger partial charge in [-0.3, -0.25) is 14.4 Å². The molecular formula is C29H47N3O6. The maximum atomic E-state index is 14.2. The topological polar surface area (TPSA) is 114 Å². The van der Waals surface area contributed by atoms with Gasteiger partial charge in [0.1, 0.15) is 24.2 Å². The van der Waals surface area contributed by atoms with E-state index in [1.165, 1.54) is 7.11 Å². The Morgan fingerprint density at radius 3 is 2.24 bits per heavy atom. The molecule has 0 bridgehead atoms. The lowest BCUT2D eigenvalue weighted by Crippen LogP contribution is -2.55. The minimum absolute atomic E-state index is 0.219. The molecule has 0 aliphatic heterocycles. The molecule has 0 heterocycles. The molecule has 38 heavy (non-hydrogen) atoms. The highest BCUT2D eigenvalue weighted by atomic mass is 16.6. The number of amides is 3. The van der Waals surface area contributed by atoms with E-state index in [9.17, 15) is 19.2 Å². The van der Waals surface area contributed by atoms with Gasteiger partial charge in [-0.05, 0) is 51.2 Å². The van der Waals surface area contributed by atoms with Crippen molar-refractivity contribution < 1.29 is 28.7 Å². The Balaban J connectivity index is 3.52. The second-order valence-corrected chi connectivity index (χ2v) is 10.7. The van der Waals surface area contributed by atoms with Crippen molar-refractivity contribution in [3.8, 4) is 0 Å². The van der Waals surface area contributed by atoms with Gasteiger partial charge in [0.25, 0.3) is 0 Å². The first kappa shape index (κ1) is 32.9. The number of nitrogens with one attached hydrogen (secondary N) is 2. The highest BCUT2D eigenvalue weighted by Gasteiger charge is 2.38. The van der Waals surface area contributed by atoms with Crippen molar-refractivity contribution in [3.05, 3.63) is 35.4 Å². The van der Waals surface area contributed by atoms with Crippen LogP contribution >= 0.6 is 0 Å². The molecule has 0 saturated carbocycles. The van der Waals surface area contributed by atoms with Gasteiger partial charge in [-0.15, -0.1) is 0 Å². The molecular weight excluding hydrogens is 486 g/mol. The summed E-state index contributed by atoms with van der Waals surface area (Å²) in [5.41, 5.74) is 0.751. The summed E-state index contributed by atoms with van der Waals surface area (Å²) in [5.74, 6) is -1.67. The molecule has 2 N–H and O–H groups in total. The maximum absolute atomic E-state index is 14.2. The Labute approximate surface area is 228 Å². The molecule has 214 valence electrons. The first-order chi connectivity index (χ1) is 17.9. The number of aryl methyl sites for hydroxylation is 1. The number of carbonyl (C=O) groups excluding carboxylic acids is 4. The van der Waals surface area contributed by atoms with Gasteiger partial charge in [-0.25, -0.2) is 4.79 Å². The van der Waals surface area contributed by atoms with Crippen LogP contribution in [0.15, 0.2) is 24.3 Å². The predicted octanol–water partition coefficient (Wildman–Crippen LogP) is 4.67. The third kappa shape index (κ3) is 10.7. The highest BCUT2D eigenvalue weighted by molar-refractivity contribution is 5.93. The third-order valence-electron chi connectivity index (χ3n) is 6.36. The van der Waals surface area contributed by atoms with E-state index < -0.39 is 35.7 Å². The lowest BCUT2D eigenvalue weighted by atomic mass is 9.94. The zero-order valence-electron chi connectivity index (χ0n) is 24.4. The molecule has 3 atom stereocenters. The number of esters is 1. The first-order valence-electron chi connectivity index (χ1n) is 13.6. The standard InChI is InChI=1S/C29H47N3O6/c1-9-11-12-15-18-32(27(35)24(20(3)10-2)31-28(36)38-29(5,6)7)25(22-17-14-13-16-21(22)4)26(34)30-19-23(33)37-8/h13-14,16-17,20,24-25H,9-12,15,18-19H2,1-8H3,(H,30,34)(H,31,36). The summed E-state index contributed by atoms with van der Waals surface area (Å²) in [5, 5.41) is 5.40. The van der Waals surface area contributed by atoms with E-state index in [-0.39, 0.29) is 18.4 Å². The molecule has 9 heteroatoms. The summed E-state index contributed by atoms with van der Waals surface area (Å²) >= 11 is 0. The van der Waals surface area contributed by atoms with Crippen molar-refractivity contribution in [2.24, 2.45) is 5.92 Å². The van der Waals surface area contributed by atoms with E-state index in [4.69, 9.17) is 4.74 Å². The number of methoxy groups -OCH3 is 1. The number of ether oxygens (including phenoxy) is 2. The molecule has 0 spiro atoms. The zero-order chi connectivity index (χ0) is 28.9. The van der Waals surface area contributed by atoms with Gasteiger partial charge in [0, 0.05) is 6.54 Å². The van der Waals surface area contributed by atoms with E-state index in [0.717, 1.165) is 24.8 Å². The van der Waals surface area contributed by atoms with Crippen LogP contribution < -0.4 is 10.6 Å². The van der Waals surface area contributed by atoms with Crippen LogP contribution in [0.25, 0.3) is 0 Å². The molecule has 1 rings (SSSR count). The van der Waals surface area contributed by atoms with E-state index in [1.54, 1.807) is 25.7 Å². The maximum Gasteiger partial charge on any atom is 0.408 e. The number of nitrogens with zero attached hydrogens (tertiary/aromatic N) is 1.